The van der Waals surface area contributed by atoms with Gasteiger partial charge in [-0.3, -0.25) is 0 Å². The van der Waals surface area contributed by atoms with Gasteiger partial charge in [-0.1, -0.05) is 170 Å². The molecule has 2 nitrogen and oxygen atoms in total. The summed E-state index contributed by atoms with van der Waals surface area (Å²) < 4.78 is 0. The summed E-state index contributed by atoms with van der Waals surface area (Å²) >= 11 is 0. The van der Waals surface area contributed by atoms with Crippen LogP contribution in [0.4, 0.5) is 0 Å². The molecule has 0 amide bonds. The highest BCUT2D eigenvalue weighted by molar-refractivity contribution is 6.25. The lowest BCUT2D eigenvalue weighted by atomic mass is 9.89. The summed E-state index contributed by atoms with van der Waals surface area (Å²) in [5, 5.41) is 12.5. The Labute approximate surface area is 325 Å². The van der Waals surface area contributed by atoms with Gasteiger partial charge in [-0.05, 0) is 113 Å². The molecule has 1 aromatic heterocycles. The van der Waals surface area contributed by atoms with Crippen LogP contribution in [0.1, 0.15) is 0 Å². The van der Waals surface area contributed by atoms with Gasteiger partial charge in [-0.15, -0.1) is 0 Å². The number of hydrogen-bond acceptors (Lipinski definition) is 2. The zero-order chi connectivity index (χ0) is 37.0. The molecule has 0 radical (unpaired) electrons. The van der Waals surface area contributed by atoms with Crippen molar-refractivity contribution in [2.45, 2.75) is 0 Å². The van der Waals surface area contributed by atoms with Crippen molar-refractivity contribution < 1.29 is 0 Å². The highest BCUT2D eigenvalue weighted by atomic mass is 14.9. The molecule has 0 atom stereocenters. The van der Waals surface area contributed by atoms with Crippen LogP contribution in [0, 0.1) is 0 Å². The molecule has 0 N–H and O–H groups in total. The minimum atomic E-state index is 0.690. The Balaban J connectivity index is 1.20. The Hall–Kier alpha value is -7.42. The third-order valence-electron chi connectivity index (χ3n) is 11.2. The Bertz CT molecular complexity index is 3200. The van der Waals surface area contributed by atoms with Gasteiger partial charge in [0.05, 0.1) is 11.4 Å². The Morgan fingerprint density at radius 3 is 1.29 bits per heavy atom. The first-order chi connectivity index (χ1) is 27.7. The largest absolute Gasteiger partial charge is 0.228 e. The molecule has 0 bridgehead atoms. The molecular weight excluding hydrogens is 677 g/mol. The highest BCUT2D eigenvalue weighted by Crippen LogP contribution is 2.41. The van der Waals surface area contributed by atoms with Crippen molar-refractivity contribution in [3.8, 4) is 56.2 Å². The van der Waals surface area contributed by atoms with Gasteiger partial charge in [0.2, 0.25) is 0 Å². The van der Waals surface area contributed by atoms with Gasteiger partial charge in [0.15, 0.2) is 5.82 Å². The van der Waals surface area contributed by atoms with Gasteiger partial charge in [0.1, 0.15) is 0 Å². The lowest BCUT2D eigenvalue weighted by molar-refractivity contribution is 1.18. The minimum absolute atomic E-state index is 0.690. The fourth-order valence-corrected chi connectivity index (χ4v) is 8.55. The van der Waals surface area contributed by atoms with Crippen LogP contribution < -0.4 is 0 Å². The summed E-state index contributed by atoms with van der Waals surface area (Å²) in [5.41, 5.74) is 9.42. The Morgan fingerprint density at radius 1 is 0.232 bits per heavy atom. The van der Waals surface area contributed by atoms with Crippen LogP contribution in [0.25, 0.3) is 110 Å². The topological polar surface area (TPSA) is 25.8 Å². The monoisotopic (exact) mass is 710 g/mol. The molecule has 260 valence electrons. The maximum absolute atomic E-state index is 5.30. The first-order valence-electron chi connectivity index (χ1n) is 19.1. The van der Waals surface area contributed by atoms with Gasteiger partial charge < -0.3 is 0 Å². The van der Waals surface area contributed by atoms with Crippen molar-refractivity contribution >= 4 is 53.9 Å². The summed E-state index contributed by atoms with van der Waals surface area (Å²) in [5.74, 6) is 0.690. The maximum Gasteiger partial charge on any atom is 0.160 e. The highest BCUT2D eigenvalue weighted by Gasteiger charge is 2.17. The molecule has 0 aliphatic rings. The van der Waals surface area contributed by atoms with Crippen molar-refractivity contribution in [3.05, 3.63) is 206 Å². The average Bonchev–Trinajstić information content (AvgIpc) is 3.29. The molecule has 0 spiro atoms. The fraction of sp³-hybridized carbons (Fsp3) is 0. The molecular formula is C54H34N2. The molecule has 56 heavy (non-hydrogen) atoms. The first kappa shape index (κ1) is 32.0. The van der Waals surface area contributed by atoms with E-state index in [2.05, 4.69) is 194 Å². The third kappa shape index (κ3) is 5.42. The standard InChI is InChI=1S/C54H34N2/c1-3-15-35(16-4-1)52-34-53(36-17-5-2-6-18-36)56-54(55-52)41-30-39(29-40(31-41)50-33-38-19-7-8-20-42(38)43-21-9-13-25-47(43)50)37-27-28-49-46-24-11-10-22-44(46)45-23-12-14-26-48(45)51(49)32-37/h1-34H. The number of hydrogen-bond donors (Lipinski definition) is 0. The second-order valence-corrected chi connectivity index (χ2v) is 14.5. The van der Waals surface area contributed by atoms with Crippen molar-refractivity contribution in [1.29, 1.82) is 0 Å². The van der Waals surface area contributed by atoms with Crippen LogP contribution in [0.15, 0.2) is 206 Å². The van der Waals surface area contributed by atoms with Crippen molar-refractivity contribution in [1.82, 2.24) is 9.97 Å². The van der Waals surface area contributed by atoms with Crippen LogP contribution in [0.2, 0.25) is 0 Å². The summed E-state index contributed by atoms with van der Waals surface area (Å²) in [7, 11) is 0. The van der Waals surface area contributed by atoms with Crippen LogP contribution in [0.3, 0.4) is 0 Å². The van der Waals surface area contributed by atoms with Crippen LogP contribution in [0.5, 0.6) is 0 Å². The quantitative estimate of drug-likeness (QED) is 0.166. The molecule has 11 aromatic rings. The molecule has 0 aliphatic carbocycles. The smallest absolute Gasteiger partial charge is 0.160 e. The zero-order valence-corrected chi connectivity index (χ0v) is 30.5. The predicted octanol–water partition coefficient (Wildman–Crippen LogP) is 14.6. The lowest BCUT2D eigenvalue weighted by Gasteiger charge is -2.16. The SMILES string of the molecule is c1ccc(-c2cc(-c3ccccc3)nc(-c3cc(-c4ccc5c6ccccc6c6ccccc6c5c4)cc(-c4cc5ccccc5c5ccccc45)c3)n2)cc1. The lowest BCUT2D eigenvalue weighted by Crippen LogP contribution is -1.97. The normalized spacial score (nSPS) is 11.6. The van der Waals surface area contributed by atoms with E-state index in [1.807, 2.05) is 12.1 Å². The van der Waals surface area contributed by atoms with Gasteiger partial charge in [-0.25, -0.2) is 9.97 Å². The van der Waals surface area contributed by atoms with Gasteiger partial charge >= 0.3 is 0 Å². The maximum atomic E-state index is 5.30. The summed E-state index contributed by atoms with van der Waals surface area (Å²) in [6.07, 6.45) is 0. The van der Waals surface area contributed by atoms with E-state index in [0.29, 0.717) is 5.82 Å². The van der Waals surface area contributed by atoms with Gasteiger partial charge in [0, 0.05) is 16.7 Å². The Morgan fingerprint density at radius 2 is 0.679 bits per heavy atom. The zero-order valence-electron chi connectivity index (χ0n) is 30.5. The van der Waals surface area contributed by atoms with E-state index in [-0.39, 0.29) is 0 Å². The second kappa shape index (κ2) is 13.2. The molecule has 0 saturated carbocycles. The molecule has 0 saturated heterocycles. The first-order valence-corrected chi connectivity index (χ1v) is 19.1. The number of aromatic nitrogens is 2. The van der Waals surface area contributed by atoms with Crippen LogP contribution in [-0.4, -0.2) is 9.97 Å². The minimum Gasteiger partial charge on any atom is -0.228 e. The number of benzene rings is 10. The molecule has 0 aliphatic heterocycles. The summed E-state index contributed by atoms with van der Waals surface area (Å²) in [6, 6.07) is 74.1. The van der Waals surface area contributed by atoms with E-state index in [9.17, 15) is 0 Å². The fourth-order valence-electron chi connectivity index (χ4n) is 8.55. The van der Waals surface area contributed by atoms with E-state index in [1.165, 1.54) is 59.4 Å². The molecule has 11 rings (SSSR count). The van der Waals surface area contributed by atoms with E-state index in [1.54, 1.807) is 0 Å². The summed E-state index contributed by atoms with van der Waals surface area (Å²) in [4.78, 5) is 10.6. The van der Waals surface area contributed by atoms with Crippen molar-refractivity contribution in [2.24, 2.45) is 0 Å². The van der Waals surface area contributed by atoms with E-state index in [0.717, 1.165) is 44.8 Å². The molecule has 0 unspecified atom stereocenters. The van der Waals surface area contributed by atoms with Gasteiger partial charge in [-0.2, -0.15) is 0 Å². The van der Waals surface area contributed by atoms with Crippen LogP contribution >= 0.6 is 0 Å². The summed E-state index contributed by atoms with van der Waals surface area (Å²) in [6.45, 7) is 0. The molecule has 2 heteroatoms. The third-order valence-corrected chi connectivity index (χ3v) is 11.2. The van der Waals surface area contributed by atoms with E-state index < -0.39 is 0 Å². The second-order valence-electron chi connectivity index (χ2n) is 14.5. The van der Waals surface area contributed by atoms with E-state index >= 15 is 0 Å². The van der Waals surface area contributed by atoms with Crippen molar-refractivity contribution in [3.63, 3.8) is 0 Å². The van der Waals surface area contributed by atoms with Crippen molar-refractivity contribution in [2.75, 3.05) is 0 Å². The molecule has 1 heterocycles. The average molecular weight is 711 g/mol. The van der Waals surface area contributed by atoms with E-state index in [4.69, 9.17) is 9.97 Å². The molecule has 10 aromatic carbocycles. The number of rotatable bonds is 5. The number of fused-ring (bicyclic) bond motifs is 9. The Kier molecular flexibility index (Phi) is 7.53. The number of nitrogens with zero attached hydrogens (tertiary/aromatic N) is 2. The van der Waals surface area contributed by atoms with Crippen LogP contribution in [-0.2, 0) is 0 Å². The molecule has 0 fully saturated rings. The van der Waals surface area contributed by atoms with Gasteiger partial charge in [0.25, 0.3) is 0 Å². The predicted molar refractivity (Wildman–Crippen MR) is 237 cm³/mol.